The van der Waals surface area contributed by atoms with Gasteiger partial charge in [-0.2, -0.15) is 0 Å². The van der Waals surface area contributed by atoms with Gasteiger partial charge in [-0.05, 0) is 56.2 Å². The summed E-state index contributed by atoms with van der Waals surface area (Å²) in [5, 5.41) is 5.35. The smallest absolute Gasteiger partial charge is 0.253 e. The van der Waals surface area contributed by atoms with Crippen molar-refractivity contribution in [3.63, 3.8) is 0 Å². The van der Waals surface area contributed by atoms with E-state index in [2.05, 4.69) is 17.2 Å². The lowest BCUT2D eigenvalue weighted by molar-refractivity contribution is -0.116. The van der Waals surface area contributed by atoms with Crippen LogP contribution in [0.3, 0.4) is 0 Å². The standard InChI is InChI=1S/C22H27N3O4S/c1-6-11-23-22(27)19-9-7-8-10-20(19)24-21(26)17(4)25(30(5,28)29)18-13-15(2)12-16(3)14-18/h6-10,12-14,17H,1,11H2,2-5H3,(H,23,27)(H,24,26)/t17-/m1/s1. The number of nitrogens with one attached hydrogen (secondary N) is 2. The molecule has 160 valence electrons. The maximum absolute atomic E-state index is 13.0. The lowest BCUT2D eigenvalue weighted by atomic mass is 10.1. The Kier molecular flexibility index (Phi) is 7.39. The molecular weight excluding hydrogens is 402 g/mol. The number of para-hydroxylation sites is 1. The lowest BCUT2D eigenvalue weighted by Crippen LogP contribution is -2.45. The van der Waals surface area contributed by atoms with Gasteiger partial charge in [-0.15, -0.1) is 6.58 Å². The predicted octanol–water partition coefficient (Wildman–Crippen LogP) is 3.01. The Balaban J connectivity index is 2.35. The minimum Gasteiger partial charge on any atom is -0.349 e. The molecule has 0 aliphatic heterocycles. The third-order valence-corrected chi connectivity index (χ3v) is 5.63. The largest absolute Gasteiger partial charge is 0.349 e. The molecule has 2 aromatic carbocycles. The van der Waals surface area contributed by atoms with Gasteiger partial charge in [0.2, 0.25) is 15.9 Å². The Morgan fingerprint density at radius 3 is 2.30 bits per heavy atom. The lowest BCUT2D eigenvalue weighted by Gasteiger charge is -2.29. The van der Waals surface area contributed by atoms with Crippen molar-refractivity contribution in [2.45, 2.75) is 26.8 Å². The van der Waals surface area contributed by atoms with Crippen LogP contribution in [0.25, 0.3) is 0 Å². The third-order valence-electron chi connectivity index (χ3n) is 4.39. The molecule has 0 bridgehead atoms. The molecule has 0 aromatic heterocycles. The van der Waals surface area contributed by atoms with Crippen molar-refractivity contribution in [2.75, 3.05) is 22.4 Å². The zero-order valence-electron chi connectivity index (χ0n) is 17.6. The van der Waals surface area contributed by atoms with Crippen molar-refractivity contribution >= 4 is 33.2 Å². The topological polar surface area (TPSA) is 95.6 Å². The molecule has 0 fully saturated rings. The molecule has 30 heavy (non-hydrogen) atoms. The van der Waals surface area contributed by atoms with Crippen LogP contribution in [0.5, 0.6) is 0 Å². The molecular formula is C22H27N3O4S. The van der Waals surface area contributed by atoms with Crippen LogP contribution in [0.15, 0.2) is 55.1 Å². The first-order valence-electron chi connectivity index (χ1n) is 9.41. The van der Waals surface area contributed by atoms with E-state index in [0.29, 0.717) is 11.4 Å². The van der Waals surface area contributed by atoms with Crippen molar-refractivity contribution in [1.29, 1.82) is 0 Å². The van der Waals surface area contributed by atoms with Crippen LogP contribution in [0, 0.1) is 13.8 Å². The van der Waals surface area contributed by atoms with Crippen molar-refractivity contribution in [2.24, 2.45) is 0 Å². The summed E-state index contributed by atoms with van der Waals surface area (Å²) in [4.78, 5) is 25.3. The fraction of sp³-hybridized carbons (Fsp3) is 0.273. The van der Waals surface area contributed by atoms with Crippen molar-refractivity contribution in [3.8, 4) is 0 Å². The minimum atomic E-state index is -3.74. The number of rotatable bonds is 8. The maximum atomic E-state index is 13.0. The second-order valence-electron chi connectivity index (χ2n) is 7.11. The van der Waals surface area contributed by atoms with Crippen LogP contribution in [0.4, 0.5) is 11.4 Å². The van der Waals surface area contributed by atoms with E-state index in [1.807, 2.05) is 19.9 Å². The van der Waals surface area contributed by atoms with Crippen molar-refractivity contribution in [3.05, 3.63) is 71.8 Å². The third kappa shape index (κ3) is 5.70. The predicted molar refractivity (Wildman–Crippen MR) is 120 cm³/mol. The molecule has 2 aromatic rings. The van der Waals surface area contributed by atoms with E-state index in [9.17, 15) is 18.0 Å². The van der Waals surface area contributed by atoms with Gasteiger partial charge in [0.25, 0.3) is 5.91 Å². The van der Waals surface area contributed by atoms with Crippen LogP contribution >= 0.6 is 0 Å². The van der Waals surface area contributed by atoms with Crippen molar-refractivity contribution < 1.29 is 18.0 Å². The first-order chi connectivity index (χ1) is 14.0. The van der Waals surface area contributed by atoms with Gasteiger partial charge in [0.1, 0.15) is 6.04 Å². The van der Waals surface area contributed by atoms with Gasteiger partial charge in [0.15, 0.2) is 0 Å². The first kappa shape index (κ1) is 23.2. The molecule has 2 rings (SSSR count). The number of carbonyl (C=O) groups excluding carboxylic acids is 2. The van der Waals surface area contributed by atoms with E-state index in [1.165, 1.54) is 6.92 Å². The highest BCUT2D eigenvalue weighted by atomic mass is 32.2. The molecule has 0 unspecified atom stereocenters. The van der Waals surface area contributed by atoms with Gasteiger partial charge < -0.3 is 10.6 Å². The second kappa shape index (κ2) is 9.58. The summed E-state index contributed by atoms with van der Waals surface area (Å²) >= 11 is 0. The summed E-state index contributed by atoms with van der Waals surface area (Å²) in [7, 11) is -3.74. The second-order valence-corrected chi connectivity index (χ2v) is 8.97. The van der Waals surface area contributed by atoms with E-state index in [4.69, 9.17) is 0 Å². The van der Waals surface area contributed by atoms with Gasteiger partial charge in [0.05, 0.1) is 23.2 Å². The van der Waals surface area contributed by atoms with E-state index in [0.717, 1.165) is 21.7 Å². The van der Waals surface area contributed by atoms with E-state index in [-0.39, 0.29) is 18.0 Å². The molecule has 0 spiro atoms. The number of sulfonamides is 1. The number of nitrogens with zero attached hydrogens (tertiary/aromatic N) is 1. The average molecular weight is 430 g/mol. The molecule has 0 aliphatic carbocycles. The molecule has 0 radical (unpaired) electrons. The monoisotopic (exact) mass is 429 g/mol. The number of aryl methyl sites for hydroxylation is 2. The SMILES string of the molecule is C=CCNC(=O)c1ccccc1NC(=O)[C@@H](C)N(c1cc(C)cc(C)c1)S(C)(=O)=O. The van der Waals surface area contributed by atoms with Crippen LogP contribution < -0.4 is 14.9 Å². The van der Waals surface area contributed by atoms with E-state index in [1.54, 1.807) is 42.5 Å². The molecule has 0 heterocycles. The van der Waals surface area contributed by atoms with Crippen LogP contribution in [-0.4, -0.2) is 39.1 Å². The molecule has 1 atom stereocenters. The summed E-state index contributed by atoms with van der Waals surface area (Å²) in [6, 6.07) is 10.9. The first-order valence-corrected chi connectivity index (χ1v) is 11.3. The maximum Gasteiger partial charge on any atom is 0.253 e. The summed E-state index contributed by atoms with van der Waals surface area (Å²) < 4.78 is 26.1. The normalized spacial score (nSPS) is 12.0. The number of benzene rings is 2. The summed E-state index contributed by atoms with van der Waals surface area (Å²) in [5.41, 5.74) is 2.75. The number of hydrogen-bond donors (Lipinski definition) is 2. The van der Waals surface area contributed by atoms with E-state index >= 15 is 0 Å². The Hall–Kier alpha value is -3.13. The molecule has 8 heteroatoms. The Bertz CT molecular complexity index is 1040. The van der Waals surface area contributed by atoms with Gasteiger partial charge >= 0.3 is 0 Å². The number of hydrogen-bond acceptors (Lipinski definition) is 4. The van der Waals surface area contributed by atoms with Crippen LogP contribution in [-0.2, 0) is 14.8 Å². The molecule has 7 nitrogen and oxygen atoms in total. The quantitative estimate of drug-likeness (QED) is 0.631. The fourth-order valence-corrected chi connectivity index (χ4v) is 4.33. The summed E-state index contributed by atoms with van der Waals surface area (Å²) in [6.45, 7) is 9.07. The number of amides is 2. The molecule has 0 aliphatic rings. The van der Waals surface area contributed by atoms with Gasteiger partial charge in [0, 0.05) is 6.54 Å². The minimum absolute atomic E-state index is 0.275. The van der Waals surface area contributed by atoms with E-state index < -0.39 is 22.0 Å². The highest BCUT2D eigenvalue weighted by Gasteiger charge is 2.30. The molecule has 0 saturated carbocycles. The summed E-state index contributed by atoms with van der Waals surface area (Å²) in [5.74, 6) is -0.920. The highest BCUT2D eigenvalue weighted by molar-refractivity contribution is 7.92. The van der Waals surface area contributed by atoms with Gasteiger partial charge in [-0.25, -0.2) is 8.42 Å². The Morgan fingerprint density at radius 2 is 1.73 bits per heavy atom. The molecule has 2 amide bonds. The summed E-state index contributed by atoms with van der Waals surface area (Å²) in [6.07, 6.45) is 2.61. The Labute approximate surface area is 177 Å². The van der Waals surface area contributed by atoms with Crippen LogP contribution in [0.1, 0.15) is 28.4 Å². The Morgan fingerprint density at radius 1 is 1.13 bits per heavy atom. The number of anilines is 2. The van der Waals surface area contributed by atoms with Gasteiger partial charge in [-0.1, -0.05) is 24.3 Å². The fourth-order valence-electron chi connectivity index (χ4n) is 3.17. The average Bonchev–Trinajstić information content (AvgIpc) is 2.64. The number of carbonyl (C=O) groups is 2. The van der Waals surface area contributed by atoms with Crippen molar-refractivity contribution in [1.82, 2.24) is 5.32 Å². The van der Waals surface area contributed by atoms with Gasteiger partial charge in [-0.3, -0.25) is 13.9 Å². The zero-order chi connectivity index (χ0) is 22.5. The molecule has 0 saturated heterocycles. The van der Waals surface area contributed by atoms with Crippen LogP contribution in [0.2, 0.25) is 0 Å². The highest BCUT2D eigenvalue weighted by Crippen LogP contribution is 2.25. The molecule has 2 N–H and O–H groups in total. The zero-order valence-corrected chi connectivity index (χ0v) is 18.4.